The van der Waals surface area contributed by atoms with Crippen molar-refractivity contribution < 1.29 is 14.8 Å². The van der Waals surface area contributed by atoms with Gasteiger partial charge in [-0.2, -0.15) is 0 Å². The molecular formula is C21H16N4O4. The number of methoxy groups -OCH3 is 1. The number of aliphatic imine (C=N–C) groups is 1. The van der Waals surface area contributed by atoms with Crippen LogP contribution in [0.1, 0.15) is 5.56 Å². The fourth-order valence-electron chi connectivity index (χ4n) is 2.98. The minimum Gasteiger partial charge on any atom is -0.504 e. The van der Waals surface area contributed by atoms with Crippen LogP contribution in [0.4, 0.5) is 11.5 Å². The van der Waals surface area contributed by atoms with Gasteiger partial charge in [0.2, 0.25) is 0 Å². The highest BCUT2D eigenvalue weighted by molar-refractivity contribution is 5.86. The summed E-state index contributed by atoms with van der Waals surface area (Å²) in [7, 11) is 1.48. The summed E-state index contributed by atoms with van der Waals surface area (Å²) >= 11 is 0. The maximum atomic E-state index is 11.0. The number of phenols is 1. The van der Waals surface area contributed by atoms with E-state index in [9.17, 15) is 15.2 Å². The Morgan fingerprint density at radius 2 is 2.03 bits per heavy atom. The Bertz CT molecular complexity index is 1250. The molecule has 4 aromatic rings. The van der Waals surface area contributed by atoms with Crippen LogP contribution in [0.15, 0.2) is 71.9 Å². The van der Waals surface area contributed by atoms with Gasteiger partial charge in [0.25, 0.3) is 5.69 Å². The standard InChI is InChI=1S/C21H16N4O4/c1-29-18-12-15(8-9-17(18)26)20-21(24-10-3-2-7-19(24)23-20)22-13-14-5-4-6-16(11-14)25(27)28/h2-13,26H,1H3/b22-13+. The lowest BCUT2D eigenvalue weighted by molar-refractivity contribution is -0.384. The first-order chi connectivity index (χ1) is 14.1. The van der Waals surface area contributed by atoms with E-state index in [1.165, 1.54) is 25.3 Å². The van der Waals surface area contributed by atoms with E-state index in [2.05, 4.69) is 9.98 Å². The first-order valence-corrected chi connectivity index (χ1v) is 8.70. The normalized spacial score (nSPS) is 11.2. The lowest BCUT2D eigenvalue weighted by atomic mass is 10.1. The molecule has 8 nitrogen and oxygen atoms in total. The van der Waals surface area contributed by atoms with Crippen molar-refractivity contribution in [3.8, 4) is 22.8 Å². The van der Waals surface area contributed by atoms with E-state index < -0.39 is 4.92 Å². The first-order valence-electron chi connectivity index (χ1n) is 8.70. The van der Waals surface area contributed by atoms with Crippen LogP contribution in [0.2, 0.25) is 0 Å². The monoisotopic (exact) mass is 388 g/mol. The Kier molecular flexibility index (Phi) is 4.66. The maximum absolute atomic E-state index is 11.0. The molecule has 8 heteroatoms. The van der Waals surface area contributed by atoms with Gasteiger partial charge in [-0.05, 0) is 35.9 Å². The molecule has 2 aromatic carbocycles. The van der Waals surface area contributed by atoms with Crippen molar-refractivity contribution in [1.82, 2.24) is 9.38 Å². The third kappa shape index (κ3) is 3.51. The first kappa shape index (κ1) is 18.2. The third-order valence-corrected chi connectivity index (χ3v) is 4.37. The van der Waals surface area contributed by atoms with Crippen LogP contribution < -0.4 is 4.74 Å². The molecule has 0 saturated carbocycles. The lowest BCUT2D eigenvalue weighted by Gasteiger charge is -2.06. The number of aromatic nitrogens is 2. The highest BCUT2D eigenvalue weighted by atomic mass is 16.6. The van der Waals surface area contributed by atoms with Crippen molar-refractivity contribution >= 4 is 23.4 Å². The van der Waals surface area contributed by atoms with E-state index in [0.29, 0.717) is 28.5 Å². The summed E-state index contributed by atoms with van der Waals surface area (Å²) in [6.07, 6.45) is 3.40. The maximum Gasteiger partial charge on any atom is 0.270 e. The number of phenolic OH excluding ortho intramolecular Hbond substituents is 1. The van der Waals surface area contributed by atoms with Crippen molar-refractivity contribution in [1.29, 1.82) is 0 Å². The molecule has 2 heterocycles. The number of pyridine rings is 1. The number of nitro groups is 1. The summed E-state index contributed by atoms with van der Waals surface area (Å²) in [6, 6.07) is 16.8. The highest BCUT2D eigenvalue weighted by Gasteiger charge is 2.15. The van der Waals surface area contributed by atoms with Gasteiger partial charge in [0.15, 0.2) is 17.3 Å². The predicted molar refractivity (Wildman–Crippen MR) is 109 cm³/mol. The molecule has 0 amide bonds. The van der Waals surface area contributed by atoms with E-state index >= 15 is 0 Å². The number of nitro benzene ring substituents is 1. The fourth-order valence-corrected chi connectivity index (χ4v) is 2.98. The Hall–Kier alpha value is -4.20. The summed E-state index contributed by atoms with van der Waals surface area (Å²) < 4.78 is 7.02. The molecule has 0 saturated heterocycles. The summed E-state index contributed by atoms with van der Waals surface area (Å²) in [5.41, 5.74) is 2.60. The summed E-state index contributed by atoms with van der Waals surface area (Å²) in [5.74, 6) is 0.912. The second-order valence-corrected chi connectivity index (χ2v) is 6.21. The minimum absolute atomic E-state index is 0.00409. The zero-order valence-corrected chi connectivity index (χ0v) is 15.4. The number of aromatic hydroxyl groups is 1. The zero-order valence-electron chi connectivity index (χ0n) is 15.4. The van der Waals surface area contributed by atoms with E-state index in [1.807, 2.05) is 28.8 Å². The van der Waals surface area contributed by atoms with E-state index in [1.54, 1.807) is 30.5 Å². The lowest BCUT2D eigenvalue weighted by Crippen LogP contribution is -1.90. The minimum atomic E-state index is -0.445. The Morgan fingerprint density at radius 3 is 2.83 bits per heavy atom. The number of non-ortho nitro benzene ring substituents is 1. The molecule has 0 atom stereocenters. The molecule has 0 bridgehead atoms. The van der Waals surface area contributed by atoms with Gasteiger partial charge < -0.3 is 9.84 Å². The second-order valence-electron chi connectivity index (χ2n) is 6.21. The van der Waals surface area contributed by atoms with Crippen LogP contribution in [0.25, 0.3) is 16.9 Å². The summed E-state index contributed by atoms with van der Waals surface area (Å²) in [4.78, 5) is 19.8. The number of imidazole rings is 1. The van der Waals surface area contributed by atoms with Crippen LogP contribution in [0.3, 0.4) is 0 Å². The van der Waals surface area contributed by atoms with Gasteiger partial charge in [0.1, 0.15) is 11.3 Å². The van der Waals surface area contributed by atoms with Crippen LogP contribution in [0.5, 0.6) is 11.5 Å². The van der Waals surface area contributed by atoms with Crippen LogP contribution >= 0.6 is 0 Å². The van der Waals surface area contributed by atoms with E-state index in [4.69, 9.17) is 4.74 Å². The topological polar surface area (TPSA) is 102 Å². The number of fused-ring (bicyclic) bond motifs is 1. The molecule has 144 valence electrons. The van der Waals surface area contributed by atoms with Gasteiger partial charge in [-0.1, -0.05) is 18.2 Å². The molecule has 0 fully saturated rings. The second kappa shape index (κ2) is 7.43. The number of hydrogen-bond donors (Lipinski definition) is 1. The quantitative estimate of drug-likeness (QED) is 0.311. The molecule has 0 unspecified atom stereocenters. The third-order valence-electron chi connectivity index (χ3n) is 4.37. The molecule has 1 N–H and O–H groups in total. The van der Waals surface area contributed by atoms with Crippen LogP contribution in [0, 0.1) is 10.1 Å². The van der Waals surface area contributed by atoms with Gasteiger partial charge in [0.05, 0.1) is 12.0 Å². The molecule has 0 aliphatic rings. The Labute approximate surface area is 165 Å². The molecule has 29 heavy (non-hydrogen) atoms. The number of hydrogen-bond acceptors (Lipinski definition) is 6. The van der Waals surface area contributed by atoms with Crippen molar-refractivity contribution in [2.45, 2.75) is 0 Å². The van der Waals surface area contributed by atoms with Gasteiger partial charge in [-0.15, -0.1) is 0 Å². The number of rotatable bonds is 5. The van der Waals surface area contributed by atoms with Gasteiger partial charge in [0, 0.05) is 30.1 Å². The van der Waals surface area contributed by atoms with Crippen LogP contribution in [-0.2, 0) is 0 Å². The molecule has 4 rings (SSSR count). The number of ether oxygens (including phenoxy) is 1. The average molecular weight is 388 g/mol. The van der Waals surface area contributed by atoms with Gasteiger partial charge in [-0.3, -0.25) is 14.5 Å². The fraction of sp³-hybridized carbons (Fsp3) is 0.0476. The zero-order chi connectivity index (χ0) is 20.4. The molecule has 2 aromatic heterocycles. The number of nitrogens with zero attached hydrogens (tertiary/aromatic N) is 4. The Balaban J connectivity index is 1.84. The molecule has 0 aliphatic heterocycles. The largest absolute Gasteiger partial charge is 0.504 e. The highest BCUT2D eigenvalue weighted by Crippen LogP contribution is 2.36. The molecule has 0 spiro atoms. The van der Waals surface area contributed by atoms with Crippen molar-refractivity contribution in [3.63, 3.8) is 0 Å². The SMILES string of the molecule is COc1cc(-c2nc3ccccn3c2/N=C/c2cccc([N+](=O)[O-])c2)ccc1O. The van der Waals surface area contributed by atoms with E-state index in [0.717, 1.165) is 5.56 Å². The molecule has 0 aliphatic carbocycles. The summed E-state index contributed by atoms with van der Waals surface area (Å²) in [6.45, 7) is 0. The van der Waals surface area contributed by atoms with Crippen LogP contribution in [-0.4, -0.2) is 32.7 Å². The predicted octanol–water partition coefficient (Wildman–Crippen LogP) is 4.37. The van der Waals surface area contributed by atoms with Gasteiger partial charge in [-0.25, -0.2) is 9.98 Å². The van der Waals surface area contributed by atoms with Crippen molar-refractivity contribution in [2.75, 3.05) is 7.11 Å². The van der Waals surface area contributed by atoms with Crippen molar-refractivity contribution in [3.05, 3.63) is 82.5 Å². The van der Waals surface area contributed by atoms with Gasteiger partial charge >= 0.3 is 0 Å². The average Bonchev–Trinajstić information content (AvgIpc) is 3.11. The smallest absolute Gasteiger partial charge is 0.270 e. The van der Waals surface area contributed by atoms with E-state index in [-0.39, 0.29) is 11.4 Å². The Morgan fingerprint density at radius 1 is 1.17 bits per heavy atom. The summed E-state index contributed by atoms with van der Waals surface area (Å²) in [5, 5.41) is 20.9. The number of benzene rings is 2. The molecular weight excluding hydrogens is 372 g/mol. The van der Waals surface area contributed by atoms with Crippen molar-refractivity contribution in [2.24, 2.45) is 4.99 Å². The molecule has 0 radical (unpaired) electrons.